The van der Waals surface area contributed by atoms with Crippen LogP contribution in [0.1, 0.15) is 92.9 Å². The molecule has 0 aromatic carbocycles. The summed E-state index contributed by atoms with van der Waals surface area (Å²) in [7, 11) is 0. The fourth-order valence-corrected chi connectivity index (χ4v) is 5.96. The predicted molar refractivity (Wildman–Crippen MR) is 128 cm³/mol. The van der Waals surface area contributed by atoms with Crippen LogP contribution in [-0.4, -0.2) is 53.0 Å². The number of ether oxygens (including phenoxy) is 1. The van der Waals surface area contributed by atoms with Gasteiger partial charge in [0.05, 0.1) is 6.04 Å². The van der Waals surface area contributed by atoms with Crippen LogP contribution in [0.4, 0.5) is 0 Å². The fourth-order valence-electron chi connectivity index (χ4n) is 5.96. The van der Waals surface area contributed by atoms with E-state index < -0.39 is 29.1 Å². The largest absolute Gasteiger partial charge is 0.458 e. The Balaban J connectivity index is 1.79. The number of nitrogens with zero attached hydrogens (tertiary/aromatic N) is 1. The van der Waals surface area contributed by atoms with E-state index in [1.165, 1.54) is 6.42 Å². The third-order valence-corrected chi connectivity index (χ3v) is 7.68. The molecule has 3 rings (SSSR count). The van der Waals surface area contributed by atoms with Crippen LogP contribution in [0.3, 0.4) is 0 Å². The molecule has 7 nitrogen and oxygen atoms in total. The zero-order chi connectivity index (χ0) is 24.6. The Morgan fingerprint density at radius 2 is 1.58 bits per heavy atom. The molecule has 3 aliphatic rings. The number of nitrogens with two attached hydrogens (primary N) is 1. The summed E-state index contributed by atoms with van der Waals surface area (Å²) >= 11 is 0. The molecule has 7 heteroatoms. The van der Waals surface area contributed by atoms with E-state index in [0.717, 1.165) is 44.9 Å². The summed E-state index contributed by atoms with van der Waals surface area (Å²) in [5, 5.41) is 3.00. The maximum Gasteiger partial charge on any atom is 0.329 e. The van der Waals surface area contributed by atoms with Gasteiger partial charge in [0.25, 0.3) is 0 Å². The molecule has 0 aromatic heterocycles. The third kappa shape index (κ3) is 6.09. The second kappa shape index (κ2) is 9.93. The Morgan fingerprint density at radius 1 is 0.939 bits per heavy atom. The maximum absolute atomic E-state index is 13.9. The topological polar surface area (TPSA) is 102 Å². The van der Waals surface area contributed by atoms with Crippen LogP contribution in [0, 0.1) is 23.2 Å². The molecule has 1 heterocycles. The van der Waals surface area contributed by atoms with Gasteiger partial charge in [-0.3, -0.25) is 9.59 Å². The Kier molecular flexibility index (Phi) is 7.82. The van der Waals surface area contributed by atoms with E-state index in [1.807, 2.05) is 41.5 Å². The van der Waals surface area contributed by atoms with Gasteiger partial charge in [0, 0.05) is 6.54 Å². The third-order valence-electron chi connectivity index (χ3n) is 7.68. The number of fused-ring (bicyclic) bond motifs is 1. The van der Waals surface area contributed by atoms with Gasteiger partial charge in [-0.05, 0) is 69.6 Å². The molecule has 2 saturated carbocycles. The minimum absolute atomic E-state index is 0.129. The minimum Gasteiger partial charge on any atom is -0.458 e. The molecule has 188 valence electrons. The molecule has 0 radical (unpaired) electrons. The average Bonchev–Trinajstić information content (AvgIpc) is 3.30. The molecule has 1 saturated heterocycles. The van der Waals surface area contributed by atoms with Crippen molar-refractivity contribution in [2.75, 3.05) is 6.54 Å². The average molecular weight is 464 g/mol. The van der Waals surface area contributed by atoms with Crippen molar-refractivity contribution in [2.45, 2.75) is 117 Å². The lowest BCUT2D eigenvalue weighted by Gasteiger charge is -2.37. The zero-order valence-corrected chi connectivity index (χ0v) is 21.5. The number of hydrogen-bond acceptors (Lipinski definition) is 5. The molecule has 5 atom stereocenters. The van der Waals surface area contributed by atoms with Gasteiger partial charge in [0.1, 0.15) is 17.7 Å². The van der Waals surface area contributed by atoms with Gasteiger partial charge in [0.15, 0.2) is 0 Å². The highest BCUT2D eigenvalue weighted by molar-refractivity contribution is 5.93. The van der Waals surface area contributed by atoms with Crippen molar-refractivity contribution in [1.82, 2.24) is 10.2 Å². The van der Waals surface area contributed by atoms with Gasteiger partial charge >= 0.3 is 5.97 Å². The van der Waals surface area contributed by atoms with Gasteiger partial charge in [-0.15, -0.1) is 0 Å². The summed E-state index contributed by atoms with van der Waals surface area (Å²) in [4.78, 5) is 41.9. The van der Waals surface area contributed by atoms with Gasteiger partial charge < -0.3 is 20.7 Å². The monoisotopic (exact) mass is 463 g/mol. The molecule has 2 aliphatic carbocycles. The highest BCUT2D eigenvalue weighted by atomic mass is 16.6. The first-order chi connectivity index (χ1) is 15.3. The first-order valence-corrected chi connectivity index (χ1v) is 12.9. The van der Waals surface area contributed by atoms with Gasteiger partial charge in [0.2, 0.25) is 11.8 Å². The molecule has 0 unspecified atom stereocenters. The number of rotatable bonds is 5. The lowest BCUT2D eigenvalue weighted by atomic mass is 9.82. The molecule has 2 amide bonds. The first-order valence-electron chi connectivity index (χ1n) is 12.9. The van der Waals surface area contributed by atoms with Crippen molar-refractivity contribution >= 4 is 17.8 Å². The molecule has 0 spiro atoms. The summed E-state index contributed by atoms with van der Waals surface area (Å²) in [6.45, 7) is 11.9. The lowest BCUT2D eigenvalue weighted by Crippen LogP contribution is -2.60. The van der Waals surface area contributed by atoms with Gasteiger partial charge in [-0.2, -0.15) is 0 Å². The van der Waals surface area contributed by atoms with E-state index >= 15 is 0 Å². The highest BCUT2D eigenvalue weighted by Gasteiger charge is 2.53. The van der Waals surface area contributed by atoms with Crippen LogP contribution in [0.25, 0.3) is 0 Å². The summed E-state index contributed by atoms with van der Waals surface area (Å²) in [6, 6.07) is -1.94. The quantitative estimate of drug-likeness (QED) is 0.609. The van der Waals surface area contributed by atoms with Crippen LogP contribution in [0.15, 0.2) is 0 Å². The Bertz CT molecular complexity index is 733. The number of likely N-dealkylation sites (tertiary alicyclic amines) is 1. The van der Waals surface area contributed by atoms with E-state index in [0.29, 0.717) is 12.5 Å². The van der Waals surface area contributed by atoms with Crippen LogP contribution >= 0.6 is 0 Å². The van der Waals surface area contributed by atoms with Crippen molar-refractivity contribution in [2.24, 2.45) is 28.9 Å². The molecule has 1 aliphatic heterocycles. The normalized spacial score (nSPS) is 28.2. The fraction of sp³-hybridized carbons (Fsp3) is 0.885. The molecular weight excluding hydrogens is 418 g/mol. The number of nitrogens with one attached hydrogen (secondary N) is 1. The lowest BCUT2D eigenvalue weighted by molar-refractivity contribution is -0.165. The second-order valence-electron chi connectivity index (χ2n) is 12.6. The van der Waals surface area contributed by atoms with E-state index in [9.17, 15) is 14.4 Å². The minimum atomic E-state index is -0.747. The van der Waals surface area contributed by atoms with Crippen LogP contribution in [0.5, 0.6) is 0 Å². The van der Waals surface area contributed by atoms with Crippen molar-refractivity contribution in [3.8, 4) is 0 Å². The van der Waals surface area contributed by atoms with Gasteiger partial charge in [-0.25, -0.2) is 4.79 Å². The Hall–Kier alpha value is -1.63. The number of hydrogen-bond donors (Lipinski definition) is 2. The summed E-state index contributed by atoms with van der Waals surface area (Å²) in [5.41, 5.74) is 5.21. The first kappa shape index (κ1) is 26.0. The van der Waals surface area contributed by atoms with E-state index in [2.05, 4.69) is 5.32 Å². The Morgan fingerprint density at radius 3 is 2.15 bits per heavy atom. The molecule has 0 aromatic rings. The van der Waals surface area contributed by atoms with Crippen molar-refractivity contribution in [3.63, 3.8) is 0 Å². The SMILES string of the molecule is CC(C)(C)OC(=O)[C@@H]1[C@H]2CCC[C@@H]2CN1C(=O)[C@@H](NC(=O)[C@@H](N)C1CCCCC1)C(C)(C)C. The number of amides is 2. The summed E-state index contributed by atoms with van der Waals surface area (Å²) in [6.07, 6.45) is 8.33. The van der Waals surface area contributed by atoms with Gasteiger partial charge in [-0.1, -0.05) is 46.5 Å². The predicted octanol–water partition coefficient (Wildman–Crippen LogP) is 3.39. The van der Waals surface area contributed by atoms with E-state index in [1.54, 1.807) is 4.90 Å². The number of carbonyl (C=O) groups is 3. The van der Waals surface area contributed by atoms with E-state index in [-0.39, 0.29) is 29.6 Å². The highest BCUT2D eigenvalue weighted by Crippen LogP contribution is 2.43. The molecule has 33 heavy (non-hydrogen) atoms. The summed E-state index contributed by atoms with van der Waals surface area (Å²) in [5.74, 6) is -0.185. The zero-order valence-electron chi connectivity index (χ0n) is 21.5. The standard InChI is InChI=1S/C26H45N3O4/c1-25(2,3)21(28-22(30)19(27)16-11-8-7-9-12-16)23(31)29-15-17-13-10-14-18(17)20(29)24(32)33-26(4,5)6/h16-21H,7-15,27H2,1-6H3,(H,28,30)/t17-,18+,19+,20+,21-/m1/s1. The maximum atomic E-state index is 13.9. The summed E-state index contributed by atoms with van der Waals surface area (Å²) < 4.78 is 5.73. The molecular formula is C26H45N3O4. The molecule has 3 fully saturated rings. The van der Waals surface area contributed by atoms with E-state index in [4.69, 9.17) is 10.5 Å². The van der Waals surface area contributed by atoms with Crippen LogP contribution < -0.4 is 11.1 Å². The van der Waals surface area contributed by atoms with Crippen LogP contribution in [-0.2, 0) is 19.1 Å². The van der Waals surface area contributed by atoms with Crippen molar-refractivity contribution in [1.29, 1.82) is 0 Å². The second-order valence-corrected chi connectivity index (χ2v) is 12.6. The molecule has 3 N–H and O–H groups in total. The molecule has 0 bridgehead atoms. The number of carbonyl (C=O) groups excluding carboxylic acids is 3. The van der Waals surface area contributed by atoms with Crippen molar-refractivity contribution in [3.05, 3.63) is 0 Å². The Labute approximate surface area is 199 Å². The smallest absolute Gasteiger partial charge is 0.329 e. The van der Waals surface area contributed by atoms with Crippen LogP contribution in [0.2, 0.25) is 0 Å². The number of esters is 1. The van der Waals surface area contributed by atoms with Crippen molar-refractivity contribution < 1.29 is 19.1 Å².